The number of benzene rings is 3. The van der Waals surface area contributed by atoms with Crippen LogP contribution in [0.2, 0.25) is 5.02 Å². The van der Waals surface area contributed by atoms with E-state index in [9.17, 15) is 9.50 Å². The van der Waals surface area contributed by atoms with E-state index in [1.165, 1.54) is 18.5 Å². The van der Waals surface area contributed by atoms with Gasteiger partial charge in [-0.25, -0.2) is 14.4 Å². The monoisotopic (exact) mass is 575 g/mol. The summed E-state index contributed by atoms with van der Waals surface area (Å²) < 4.78 is 25.5. The lowest BCUT2D eigenvalue weighted by molar-refractivity contribution is 0.169. The highest BCUT2D eigenvalue weighted by molar-refractivity contribution is 6.31. The Kier molecular flexibility index (Phi) is 8.10. The van der Waals surface area contributed by atoms with Crippen molar-refractivity contribution in [2.45, 2.75) is 32.9 Å². The number of aromatic nitrogens is 3. The van der Waals surface area contributed by atoms with E-state index in [2.05, 4.69) is 46.4 Å². The van der Waals surface area contributed by atoms with Crippen LogP contribution in [-0.2, 0) is 6.54 Å². The molecule has 10 heteroatoms. The van der Waals surface area contributed by atoms with Crippen molar-refractivity contribution in [2.24, 2.45) is 5.92 Å². The van der Waals surface area contributed by atoms with Crippen LogP contribution in [0.4, 0.5) is 15.9 Å². The number of ether oxygens (including phenoxy) is 2. The molecule has 2 heterocycles. The largest absolute Gasteiger partial charge is 0.506 e. The fourth-order valence-electron chi connectivity index (χ4n) is 4.44. The van der Waals surface area contributed by atoms with E-state index in [0.29, 0.717) is 52.6 Å². The molecule has 1 unspecified atom stereocenters. The summed E-state index contributed by atoms with van der Waals surface area (Å²) in [5.41, 5.74) is 2.59. The first-order valence-electron chi connectivity index (χ1n) is 13.1. The van der Waals surface area contributed by atoms with Crippen LogP contribution in [0.1, 0.15) is 26.3 Å². The lowest BCUT2D eigenvalue weighted by atomic mass is 9.89. The number of anilines is 2. The smallest absolute Gasteiger partial charge is 0.162 e. The molecule has 0 fully saturated rings. The maximum atomic E-state index is 13.6. The molecular formula is C31H31ClFN5O3. The first-order valence-corrected chi connectivity index (χ1v) is 13.5. The van der Waals surface area contributed by atoms with Gasteiger partial charge in [0.25, 0.3) is 0 Å². The van der Waals surface area contributed by atoms with Gasteiger partial charge in [-0.05, 0) is 55.8 Å². The van der Waals surface area contributed by atoms with Gasteiger partial charge in [0.2, 0.25) is 0 Å². The first-order chi connectivity index (χ1) is 19.7. The van der Waals surface area contributed by atoms with E-state index in [0.717, 1.165) is 10.9 Å². The van der Waals surface area contributed by atoms with Gasteiger partial charge < -0.3 is 25.2 Å². The minimum atomic E-state index is -0.495. The molecule has 0 aliphatic carbocycles. The number of nitrogens with zero attached hydrogens (tertiary/aromatic N) is 3. The second-order valence-corrected chi connectivity index (χ2v) is 10.8. The molecule has 0 saturated carbocycles. The van der Waals surface area contributed by atoms with Gasteiger partial charge in [0.05, 0.1) is 24.3 Å². The number of phenols is 1. The van der Waals surface area contributed by atoms with Crippen LogP contribution in [0.15, 0.2) is 67.1 Å². The predicted molar refractivity (Wildman–Crippen MR) is 160 cm³/mol. The van der Waals surface area contributed by atoms with Crippen molar-refractivity contribution >= 4 is 44.9 Å². The molecule has 2 aromatic heterocycles. The molecule has 8 nitrogen and oxygen atoms in total. The topological polar surface area (TPSA) is 101 Å². The Bertz CT molecular complexity index is 1720. The Labute approximate surface area is 242 Å². The number of hydrogen-bond acceptors (Lipinski definition) is 8. The van der Waals surface area contributed by atoms with Gasteiger partial charge in [0, 0.05) is 46.7 Å². The number of phenolic OH excluding ortho intramolecular Hbond substituents is 1. The third kappa shape index (κ3) is 6.11. The Morgan fingerprint density at radius 1 is 1.02 bits per heavy atom. The molecule has 0 aliphatic heterocycles. The molecule has 0 bridgehead atoms. The first kappa shape index (κ1) is 28.3. The van der Waals surface area contributed by atoms with E-state index >= 15 is 0 Å². The lowest BCUT2D eigenvalue weighted by Gasteiger charge is -2.33. The Balaban J connectivity index is 1.32. The van der Waals surface area contributed by atoms with Crippen molar-refractivity contribution < 1.29 is 19.0 Å². The number of rotatable bonds is 10. The summed E-state index contributed by atoms with van der Waals surface area (Å²) in [5, 5.41) is 18.6. The molecule has 0 radical (unpaired) electrons. The molecule has 3 N–H and O–H groups in total. The molecule has 0 spiro atoms. The predicted octanol–water partition coefficient (Wildman–Crippen LogP) is 7.01. The minimum Gasteiger partial charge on any atom is -0.506 e. The quantitative estimate of drug-likeness (QED) is 0.163. The van der Waals surface area contributed by atoms with E-state index in [4.69, 9.17) is 21.1 Å². The molecule has 1 atom stereocenters. The Morgan fingerprint density at radius 3 is 2.63 bits per heavy atom. The average molecular weight is 576 g/mol. The van der Waals surface area contributed by atoms with Crippen LogP contribution in [0.25, 0.3) is 21.8 Å². The van der Waals surface area contributed by atoms with Crippen LogP contribution in [-0.4, -0.2) is 39.3 Å². The van der Waals surface area contributed by atoms with Crippen LogP contribution in [0.5, 0.6) is 17.2 Å². The molecule has 0 aliphatic rings. The second kappa shape index (κ2) is 11.7. The second-order valence-electron chi connectivity index (χ2n) is 10.4. The third-order valence-corrected chi connectivity index (χ3v) is 7.69. The van der Waals surface area contributed by atoms with E-state index in [-0.39, 0.29) is 22.2 Å². The summed E-state index contributed by atoms with van der Waals surface area (Å²) in [4.78, 5) is 13.1. The zero-order valence-corrected chi connectivity index (χ0v) is 24.0. The van der Waals surface area contributed by atoms with Gasteiger partial charge in [0.15, 0.2) is 11.5 Å². The summed E-state index contributed by atoms with van der Waals surface area (Å²) >= 11 is 5.96. The Hall–Kier alpha value is -4.21. The number of methoxy groups -OCH3 is 1. The summed E-state index contributed by atoms with van der Waals surface area (Å²) in [7, 11) is 1.58. The highest BCUT2D eigenvalue weighted by atomic mass is 35.5. The normalized spacial score (nSPS) is 12.4. The van der Waals surface area contributed by atoms with E-state index in [1.807, 2.05) is 24.3 Å². The number of nitrogens with one attached hydrogen (secondary N) is 2. The summed E-state index contributed by atoms with van der Waals surface area (Å²) in [5.74, 6) is 1.39. The maximum absolute atomic E-state index is 13.6. The number of halogens is 2. The minimum absolute atomic E-state index is 0.0135. The highest BCUT2D eigenvalue weighted by Crippen LogP contribution is 2.36. The fourth-order valence-corrected chi connectivity index (χ4v) is 4.62. The van der Waals surface area contributed by atoms with Gasteiger partial charge >= 0.3 is 0 Å². The molecule has 3 aromatic carbocycles. The number of aromatic hydroxyl groups is 1. The zero-order valence-electron chi connectivity index (χ0n) is 23.2. The molecule has 41 heavy (non-hydrogen) atoms. The van der Waals surface area contributed by atoms with Crippen molar-refractivity contribution in [2.75, 3.05) is 19.0 Å². The zero-order chi connectivity index (χ0) is 29.1. The van der Waals surface area contributed by atoms with Crippen LogP contribution in [0, 0.1) is 11.7 Å². The molecule has 0 amide bonds. The fraction of sp³-hybridized carbons (Fsp3) is 0.258. The Morgan fingerprint density at radius 2 is 1.85 bits per heavy atom. The van der Waals surface area contributed by atoms with Gasteiger partial charge in [0.1, 0.15) is 29.2 Å². The number of pyridine rings is 1. The molecule has 212 valence electrons. The van der Waals surface area contributed by atoms with Crippen molar-refractivity contribution in [3.63, 3.8) is 0 Å². The van der Waals surface area contributed by atoms with Crippen LogP contribution in [0.3, 0.4) is 0 Å². The maximum Gasteiger partial charge on any atom is 0.162 e. The molecular weight excluding hydrogens is 545 g/mol. The standard InChI is InChI=1S/C31H31ClFN5O3/c1-18(31(2,3)37-15-19-7-10-26(39)29-21(19)6-5-11-34-29)16-41-28-13-22-25(14-27(28)40-4)35-17-36-30(22)38-20-8-9-24(33)23(32)12-20/h5-14,17-18,37,39H,15-16H2,1-4H3,(H,35,36,38). The number of hydrogen-bond donors (Lipinski definition) is 3. The van der Waals surface area contributed by atoms with Gasteiger partial charge in [-0.15, -0.1) is 0 Å². The van der Waals surface area contributed by atoms with Crippen molar-refractivity contribution in [1.82, 2.24) is 20.3 Å². The van der Waals surface area contributed by atoms with Crippen molar-refractivity contribution in [1.29, 1.82) is 0 Å². The van der Waals surface area contributed by atoms with E-state index < -0.39 is 5.82 Å². The third-order valence-electron chi connectivity index (χ3n) is 7.40. The number of fused-ring (bicyclic) bond motifs is 2. The van der Waals surface area contributed by atoms with Crippen molar-refractivity contribution in [3.8, 4) is 17.2 Å². The summed E-state index contributed by atoms with van der Waals surface area (Å²) in [6.45, 7) is 7.38. The van der Waals surface area contributed by atoms with Crippen LogP contribution < -0.4 is 20.1 Å². The molecule has 0 saturated heterocycles. The van der Waals surface area contributed by atoms with Gasteiger partial charge in [-0.3, -0.25) is 4.98 Å². The SMILES string of the molecule is COc1cc2ncnc(Nc3ccc(F)c(Cl)c3)c2cc1OCC(C)C(C)(C)NCc1ccc(O)c2ncccc12. The lowest BCUT2D eigenvalue weighted by Crippen LogP contribution is -2.46. The van der Waals surface area contributed by atoms with E-state index in [1.54, 1.807) is 31.5 Å². The highest BCUT2D eigenvalue weighted by Gasteiger charge is 2.27. The summed E-state index contributed by atoms with van der Waals surface area (Å²) in [6.07, 6.45) is 3.12. The van der Waals surface area contributed by atoms with Gasteiger partial charge in [-0.1, -0.05) is 30.7 Å². The molecule has 5 rings (SSSR count). The van der Waals surface area contributed by atoms with Crippen molar-refractivity contribution in [3.05, 3.63) is 83.5 Å². The average Bonchev–Trinajstić information content (AvgIpc) is 2.97. The summed E-state index contributed by atoms with van der Waals surface area (Å²) in [6, 6.07) is 15.4. The van der Waals surface area contributed by atoms with Crippen LogP contribution >= 0.6 is 11.6 Å². The van der Waals surface area contributed by atoms with Gasteiger partial charge in [-0.2, -0.15) is 0 Å². The molecule has 5 aromatic rings.